The van der Waals surface area contributed by atoms with Crippen molar-refractivity contribution in [2.24, 2.45) is 17.3 Å². The van der Waals surface area contributed by atoms with Crippen molar-refractivity contribution in [3.05, 3.63) is 11.6 Å². The number of carbonyl (C=O) groups excluding carboxylic acids is 1. The molecule has 2 atom stereocenters. The van der Waals surface area contributed by atoms with Crippen molar-refractivity contribution in [2.75, 3.05) is 0 Å². The summed E-state index contributed by atoms with van der Waals surface area (Å²) in [6.45, 7) is 10.8. The number of allylic oxidation sites excluding steroid dienone is 2. The van der Waals surface area contributed by atoms with Crippen LogP contribution in [0.2, 0.25) is 0 Å². The molecule has 15 heavy (non-hydrogen) atoms. The normalized spacial score (nSPS) is 27.0. The van der Waals surface area contributed by atoms with Gasteiger partial charge in [-0.25, -0.2) is 0 Å². The van der Waals surface area contributed by atoms with Crippen LogP contribution in [0.4, 0.5) is 0 Å². The first-order valence-electron chi connectivity index (χ1n) is 6.00. The van der Waals surface area contributed by atoms with Crippen LogP contribution in [0.15, 0.2) is 11.6 Å². The van der Waals surface area contributed by atoms with Crippen molar-refractivity contribution in [3.8, 4) is 0 Å². The van der Waals surface area contributed by atoms with Gasteiger partial charge in [-0.1, -0.05) is 32.4 Å². The van der Waals surface area contributed by atoms with Gasteiger partial charge in [0.1, 0.15) is 5.78 Å². The van der Waals surface area contributed by atoms with Gasteiger partial charge >= 0.3 is 0 Å². The summed E-state index contributed by atoms with van der Waals surface area (Å²) in [4.78, 5) is 11.2. The molecule has 1 unspecified atom stereocenters. The molecule has 0 N–H and O–H groups in total. The van der Waals surface area contributed by atoms with E-state index in [1.54, 1.807) is 6.92 Å². The van der Waals surface area contributed by atoms with Gasteiger partial charge in [-0.05, 0) is 43.9 Å². The van der Waals surface area contributed by atoms with Gasteiger partial charge in [-0.15, -0.1) is 0 Å². The van der Waals surface area contributed by atoms with E-state index in [1.807, 2.05) is 0 Å². The van der Waals surface area contributed by atoms with Crippen LogP contribution < -0.4 is 0 Å². The Labute approximate surface area is 93.9 Å². The van der Waals surface area contributed by atoms with Crippen molar-refractivity contribution >= 4 is 5.78 Å². The molecule has 0 amide bonds. The summed E-state index contributed by atoms with van der Waals surface area (Å²) in [5, 5.41) is 0. The Hall–Kier alpha value is -0.590. The first-order chi connectivity index (χ1) is 6.84. The average molecular weight is 208 g/mol. The third-order valence-corrected chi connectivity index (χ3v) is 3.77. The lowest BCUT2D eigenvalue weighted by atomic mass is 9.63. The summed E-state index contributed by atoms with van der Waals surface area (Å²) in [6.07, 6.45) is 5.52. The van der Waals surface area contributed by atoms with Gasteiger partial charge in [0, 0.05) is 6.42 Å². The molecule has 0 aromatic heterocycles. The molecular weight excluding hydrogens is 184 g/mol. The minimum Gasteiger partial charge on any atom is -0.300 e. The molecule has 1 aliphatic carbocycles. The Balaban J connectivity index is 2.83. The van der Waals surface area contributed by atoms with Crippen LogP contribution in [-0.2, 0) is 4.79 Å². The quantitative estimate of drug-likeness (QED) is 0.641. The summed E-state index contributed by atoms with van der Waals surface area (Å²) in [5.74, 6) is 1.38. The van der Waals surface area contributed by atoms with E-state index >= 15 is 0 Å². The predicted octanol–water partition coefficient (Wildman–Crippen LogP) is 3.98. The molecule has 0 bridgehead atoms. The standard InChI is InChI=1S/C14H24O/c1-10-7-6-8-14(4,5)13(10)11(2)9-12(3)15/h7,11,13H,6,8-9H2,1-5H3/t11-,13?/m1/s1. The largest absolute Gasteiger partial charge is 0.300 e. The fourth-order valence-corrected chi connectivity index (χ4v) is 3.36. The van der Waals surface area contributed by atoms with Crippen LogP contribution in [-0.4, -0.2) is 5.78 Å². The Bertz CT molecular complexity index is 273. The van der Waals surface area contributed by atoms with Gasteiger partial charge < -0.3 is 4.79 Å². The van der Waals surface area contributed by atoms with Crippen LogP contribution in [0, 0.1) is 17.3 Å². The van der Waals surface area contributed by atoms with E-state index in [9.17, 15) is 4.79 Å². The Kier molecular flexibility index (Phi) is 3.75. The lowest BCUT2D eigenvalue weighted by Crippen LogP contribution is -2.33. The molecule has 1 rings (SSSR count). The van der Waals surface area contributed by atoms with E-state index in [1.165, 1.54) is 18.4 Å². The first kappa shape index (κ1) is 12.5. The summed E-state index contributed by atoms with van der Waals surface area (Å²) in [7, 11) is 0. The van der Waals surface area contributed by atoms with E-state index in [0.717, 1.165) is 6.42 Å². The fourth-order valence-electron chi connectivity index (χ4n) is 3.36. The molecule has 0 saturated heterocycles. The summed E-state index contributed by atoms with van der Waals surface area (Å²) in [6, 6.07) is 0. The number of rotatable bonds is 3. The van der Waals surface area contributed by atoms with E-state index in [4.69, 9.17) is 0 Å². The second kappa shape index (κ2) is 4.51. The Morgan fingerprint density at radius 3 is 2.67 bits per heavy atom. The summed E-state index contributed by atoms with van der Waals surface area (Å²) in [5.41, 5.74) is 1.84. The second-order valence-corrected chi connectivity index (χ2v) is 5.84. The molecule has 0 aromatic rings. The van der Waals surface area contributed by atoms with Gasteiger partial charge in [-0.2, -0.15) is 0 Å². The molecule has 0 aliphatic heterocycles. The first-order valence-corrected chi connectivity index (χ1v) is 6.00. The van der Waals surface area contributed by atoms with Gasteiger partial charge in [0.15, 0.2) is 0 Å². The highest BCUT2D eigenvalue weighted by Crippen LogP contribution is 2.45. The zero-order chi connectivity index (χ0) is 11.6. The van der Waals surface area contributed by atoms with Crippen LogP contribution in [0.25, 0.3) is 0 Å². The monoisotopic (exact) mass is 208 g/mol. The molecule has 1 nitrogen and oxygen atoms in total. The second-order valence-electron chi connectivity index (χ2n) is 5.84. The van der Waals surface area contributed by atoms with Gasteiger partial charge in [0.2, 0.25) is 0 Å². The molecule has 0 spiro atoms. The highest BCUT2D eigenvalue weighted by molar-refractivity contribution is 5.75. The molecule has 0 heterocycles. The maximum atomic E-state index is 11.2. The lowest BCUT2D eigenvalue weighted by Gasteiger charge is -2.42. The Morgan fingerprint density at radius 2 is 2.20 bits per heavy atom. The summed E-state index contributed by atoms with van der Waals surface area (Å²) < 4.78 is 0. The molecule has 0 aromatic carbocycles. The number of hydrogen-bond acceptors (Lipinski definition) is 1. The van der Waals surface area contributed by atoms with Crippen molar-refractivity contribution < 1.29 is 4.79 Å². The zero-order valence-electron chi connectivity index (χ0n) is 10.8. The van der Waals surface area contributed by atoms with E-state index in [-0.39, 0.29) is 0 Å². The molecule has 0 fully saturated rings. The van der Waals surface area contributed by atoms with Crippen molar-refractivity contribution in [1.82, 2.24) is 0 Å². The molecule has 86 valence electrons. The fraction of sp³-hybridized carbons (Fsp3) is 0.786. The van der Waals surface area contributed by atoms with Crippen LogP contribution >= 0.6 is 0 Å². The summed E-state index contributed by atoms with van der Waals surface area (Å²) >= 11 is 0. The smallest absolute Gasteiger partial charge is 0.130 e. The average Bonchev–Trinajstić information content (AvgIpc) is 1.99. The van der Waals surface area contributed by atoms with Crippen LogP contribution in [0.1, 0.15) is 53.9 Å². The van der Waals surface area contributed by atoms with Gasteiger partial charge in [0.25, 0.3) is 0 Å². The molecule has 1 heteroatoms. The topological polar surface area (TPSA) is 17.1 Å². The molecule has 1 aliphatic rings. The van der Waals surface area contributed by atoms with E-state index in [0.29, 0.717) is 23.0 Å². The van der Waals surface area contributed by atoms with Crippen LogP contribution in [0.3, 0.4) is 0 Å². The zero-order valence-corrected chi connectivity index (χ0v) is 10.8. The SMILES string of the molecule is CC(=O)C[C@@H](C)C1C(C)=CCCC1(C)C. The maximum Gasteiger partial charge on any atom is 0.130 e. The van der Waals surface area contributed by atoms with Crippen molar-refractivity contribution in [3.63, 3.8) is 0 Å². The number of Topliss-reactive ketones (excluding diaryl/α,β-unsaturated/α-hetero) is 1. The van der Waals surface area contributed by atoms with E-state index in [2.05, 4.69) is 33.8 Å². The van der Waals surface area contributed by atoms with Crippen molar-refractivity contribution in [2.45, 2.75) is 53.9 Å². The predicted molar refractivity (Wildman–Crippen MR) is 64.7 cm³/mol. The third-order valence-electron chi connectivity index (χ3n) is 3.77. The van der Waals surface area contributed by atoms with Gasteiger partial charge in [-0.3, -0.25) is 0 Å². The van der Waals surface area contributed by atoms with E-state index < -0.39 is 0 Å². The minimum atomic E-state index is 0.316. The minimum absolute atomic E-state index is 0.316. The molecule has 0 saturated carbocycles. The molecule has 0 radical (unpaired) electrons. The third kappa shape index (κ3) is 2.93. The number of ketones is 1. The van der Waals surface area contributed by atoms with Gasteiger partial charge in [0.05, 0.1) is 0 Å². The highest BCUT2D eigenvalue weighted by atomic mass is 16.1. The highest BCUT2D eigenvalue weighted by Gasteiger charge is 2.36. The van der Waals surface area contributed by atoms with Crippen molar-refractivity contribution in [1.29, 1.82) is 0 Å². The number of hydrogen-bond donors (Lipinski definition) is 0. The molecular formula is C14H24O. The number of carbonyl (C=O) groups is 1. The maximum absolute atomic E-state index is 11.2. The lowest BCUT2D eigenvalue weighted by molar-refractivity contribution is -0.118. The van der Waals surface area contributed by atoms with Crippen LogP contribution in [0.5, 0.6) is 0 Å². The Morgan fingerprint density at radius 1 is 1.60 bits per heavy atom.